The summed E-state index contributed by atoms with van der Waals surface area (Å²) in [6, 6.07) is 14.5. The minimum Gasteiger partial charge on any atom is -0.458 e. The molecular weight excluding hydrogens is 344 g/mol. The number of hydrogen-bond donors (Lipinski definition) is 1. The van der Waals surface area contributed by atoms with Crippen molar-refractivity contribution >= 4 is 27.4 Å². The van der Waals surface area contributed by atoms with Crippen LogP contribution < -0.4 is 5.73 Å². The number of thiophene rings is 1. The van der Waals surface area contributed by atoms with Gasteiger partial charge in [-0.2, -0.15) is 0 Å². The third-order valence-electron chi connectivity index (χ3n) is 4.72. The average molecular weight is 362 g/mol. The zero-order chi connectivity index (χ0) is 17.7. The molecule has 0 spiro atoms. The van der Waals surface area contributed by atoms with Crippen molar-refractivity contribution in [1.82, 2.24) is 14.9 Å². The minimum atomic E-state index is 0.506. The first-order chi connectivity index (χ1) is 12.7. The van der Waals surface area contributed by atoms with Crippen LogP contribution in [0.5, 0.6) is 0 Å². The molecule has 2 N–H and O–H groups in total. The number of nitrogen functional groups attached to an aromatic ring is 1. The summed E-state index contributed by atoms with van der Waals surface area (Å²) in [6.45, 7) is 4.78. The van der Waals surface area contributed by atoms with Gasteiger partial charge in [-0.25, -0.2) is 9.97 Å². The Kier molecular flexibility index (Phi) is 3.55. The van der Waals surface area contributed by atoms with Gasteiger partial charge in [-0.15, -0.1) is 11.3 Å². The van der Waals surface area contributed by atoms with E-state index in [1.54, 1.807) is 11.3 Å². The molecule has 0 fully saturated rings. The summed E-state index contributed by atoms with van der Waals surface area (Å²) in [7, 11) is 0. The first-order valence-corrected chi connectivity index (χ1v) is 9.39. The van der Waals surface area contributed by atoms with E-state index in [0.717, 1.165) is 35.6 Å². The van der Waals surface area contributed by atoms with Crippen LogP contribution in [0.1, 0.15) is 21.8 Å². The van der Waals surface area contributed by atoms with Gasteiger partial charge in [0.1, 0.15) is 16.4 Å². The molecule has 0 unspecified atom stereocenters. The second-order valence-corrected chi connectivity index (χ2v) is 7.80. The lowest BCUT2D eigenvalue weighted by Crippen LogP contribution is -2.14. The molecule has 26 heavy (non-hydrogen) atoms. The highest BCUT2D eigenvalue weighted by Gasteiger charge is 2.20. The number of nitrogens with two attached hydrogens (primary N) is 1. The van der Waals surface area contributed by atoms with Crippen molar-refractivity contribution in [2.45, 2.75) is 26.6 Å². The number of nitrogens with zero attached hydrogens (tertiary/aromatic N) is 3. The van der Waals surface area contributed by atoms with E-state index in [1.165, 1.54) is 16.0 Å². The van der Waals surface area contributed by atoms with Gasteiger partial charge in [0, 0.05) is 24.5 Å². The number of furan rings is 1. The molecule has 6 heteroatoms. The summed E-state index contributed by atoms with van der Waals surface area (Å²) in [5, 5.41) is 0.925. The van der Waals surface area contributed by atoms with Crippen molar-refractivity contribution in [2.75, 3.05) is 5.73 Å². The monoisotopic (exact) mass is 362 g/mol. The van der Waals surface area contributed by atoms with Gasteiger partial charge < -0.3 is 10.2 Å². The molecule has 4 aromatic rings. The molecule has 3 aromatic heterocycles. The number of hydrogen-bond acceptors (Lipinski definition) is 6. The summed E-state index contributed by atoms with van der Waals surface area (Å²) in [5.41, 5.74) is 9.03. The summed E-state index contributed by atoms with van der Waals surface area (Å²) in [4.78, 5) is 13.7. The van der Waals surface area contributed by atoms with Crippen molar-refractivity contribution in [3.63, 3.8) is 0 Å². The van der Waals surface area contributed by atoms with Crippen molar-refractivity contribution < 1.29 is 4.42 Å². The van der Waals surface area contributed by atoms with Crippen LogP contribution in [0.3, 0.4) is 0 Å². The van der Waals surface area contributed by atoms with Gasteiger partial charge in [-0.3, -0.25) is 4.90 Å². The molecule has 0 saturated heterocycles. The summed E-state index contributed by atoms with van der Waals surface area (Å²) in [6.07, 6.45) is 0. The lowest BCUT2D eigenvalue weighted by atomic mass is 10.1. The fourth-order valence-electron chi connectivity index (χ4n) is 3.47. The molecule has 1 aliphatic rings. The van der Waals surface area contributed by atoms with E-state index >= 15 is 0 Å². The maximum Gasteiger partial charge on any atom is 0.199 e. The predicted molar refractivity (Wildman–Crippen MR) is 104 cm³/mol. The number of benzene rings is 1. The van der Waals surface area contributed by atoms with Gasteiger partial charge in [0.15, 0.2) is 11.6 Å². The first-order valence-electron chi connectivity index (χ1n) is 8.57. The Hall–Kier alpha value is -2.70. The van der Waals surface area contributed by atoms with E-state index in [4.69, 9.17) is 10.2 Å². The van der Waals surface area contributed by atoms with Crippen LogP contribution in [-0.4, -0.2) is 14.9 Å². The maximum atomic E-state index is 6.19. The zero-order valence-corrected chi connectivity index (χ0v) is 15.2. The van der Waals surface area contributed by atoms with Gasteiger partial charge >= 0.3 is 0 Å². The standard InChI is InChI=1S/C20H18N4OS/c1-12-6-7-17(25-12)19-22-18(21)16-8-15(26-20(16)23-19)11-24-9-13-4-2-3-5-14(13)10-24/h2-8H,9-11H2,1H3,(H2,21,22,23). The zero-order valence-electron chi connectivity index (χ0n) is 14.4. The fourth-order valence-corrected chi connectivity index (χ4v) is 4.55. The van der Waals surface area contributed by atoms with Crippen LogP contribution in [0.25, 0.3) is 21.8 Å². The normalized spacial score (nSPS) is 14.2. The van der Waals surface area contributed by atoms with E-state index in [2.05, 4.69) is 45.2 Å². The highest BCUT2D eigenvalue weighted by molar-refractivity contribution is 7.18. The van der Waals surface area contributed by atoms with Gasteiger partial charge in [0.05, 0.1) is 5.39 Å². The smallest absolute Gasteiger partial charge is 0.199 e. The Morgan fingerprint density at radius 2 is 1.88 bits per heavy atom. The summed E-state index contributed by atoms with van der Waals surface area (Å²) < 4.78 is 5.64. The average Bonchev–Trinajstić information content (AvgIpc) is 3.32. The largest absolute Gasteiger partial charge is 0.458 e. The minimum absolute atomic E-state index is 0.506. The molecular formula is C20H18N4OS. The van der Waals surface area contributed by atoms with E-state index in [0.29, 0.717) is 17.4 Å². The van der Waals surface area contributed by atoms with Crippen molar-refractivity contribution in [1.29, 1.82) is 0 Å². The number of anilines is 1. The Balaban J connectivity index is 1.44. The molecule has 5 rings (SSSR count). The van der Waals surface area contributed by atoms with Gasteiger partial charge in [0.2, 0.25) is 0 Å². The van der Waals surface area contributed by atoms with Crippen LogP contribution in [-0.2, 0) is 19.6 Å². The van der Waals surface area contributed by atoms with E-state index < -0.39 is 0 Å². The summed E-state index contributed by atoms with van der Waals surface area (Å²) >= 11 is 1.68. The van der Waals surface area contributed by atoms with Crippen LogP contribution in [0, 0.1) is 6.92 Å². The van der Waals surface area contributed by atoms with Gasteiger partial charge in [-0.1, -0.05) is 24.3 Å². The topological polar surface area (TPSA) is 68.2 Å². The van der Waals surface area contributed by atoms with Crippen molar-refractivity contribution in [2.24, 2.45) is 0 Å². The lowest BCUT2D eigenvalue weighted by molar-refractivity contribution is 0.278. The Morgan fingerprint density at radius 3 is 2.58 bits per heavy atom. The Morgan fingerprint density at radius 1 is 1.12 bits per heavy atom. The molecule has 1 aromatic carbocycles. The first kappa shape index (κ1) is 15.5. The number of rotatable bonds is 3. The van der Waals surface area contributed by atoms with Crippen molar-refractivity contribution in [3.05, 3.63) is 64.2 Å². The maximum absolute atomic E-state index is 6.19. The molecule has 0 atom stereocenters. The predicted octanol–water partition coefficient (Wildman–Crippen LogP) is 4.36. The lowest BCUT2D eigenvalue weighted by Gasteiger charge is -2.12. The van der Waals surface area contributed by atoms with Crippen LogP contribution in [0.2, 0.25) is 0 Å². The second kappa shape index (κ2) is 5.93. The van der Waals surface area contributed by atoms with Crippen LogP contribution >= 0.6 is 11.3 Å². The molecule has 0 bridgehead atoms. The Labute approximate surface area is 155 Å². The van der Waals surface area contributed by atoms with Gasteiger partial charge in [-0.05, 0) is 36.2 Å². The highest BCUT2D eigenvalue weighted by atomic mass is 32.1. The number of fused-ring (bicyclic) bond motifs is 2. The third kappa shape index (κ3) is 2.67. The highest BCUT2D eigenvalue weighted by Crippen LogP contribution is 2.32. The van der Waals surface area contributed by atoms with Crippen molar-refractivity contribution in [3.8, 4) is 11.6 Å². The summed E-state index contributed by atoms with van der Waals surface area (Å²) in [5.74, 6) is 2.54. The molecule has 4 heterocycles. The molecule has 0 saturated carbocycles. The molecule has 130 valence electrons. The molecule has 0 amide bonds. The van der Waals surface area contributed by atoms with E-state index in [-0.39, 0.29) is 0 Å². The van der Waals surface area contributed by atoms with Gasteiger partial charge in [0.25, 0.3) is 0 Å². The SMILES string of the molecule is Cc1ccc(-c2nc(N)c3cc(CN4Cc5ccccc5C4)sc3n2)o1. The second-order valence-electron chi connectivity index (χ2n) is 6.69. The molecule has 5 nitrogen and oxygen atoms in total. The number of aromatic nitrogens is 2. The van der Waals surface area contributed by atoms with Crippen LogP contribution in [0.4, 0.5) is 5.82 Å². The van der Waals surface area contributed by atoms with E-state index in [9.17, 15) is 0 Å². The third-order valence-corrected chi connectivity index (χ3v) is 5.73. The van der Waals surface area contributed by atoms with Crippen LogP contribution in [0.15, 0.2) is 46.9 Å². The quantitative estimate of drug-likeness (QED) is 0.586. The molecule has 0 aliphatic carbocycles. The van der Waals surface area contributed by atoms with E-state index in [1.807, 2.05) is 19.1 Å². The number of aryl methyl sites for hydroxylation is 1. The molecule has 0 radical (unpaired) electrons. The fraction of sp³-hybridized carbons (Fsp3) is 0.200. The Bertz CT molecular complexity index is 1090. The molecule has 1 aliphatic heterocycles.